The second-order valence-corrected chi connectivity index (χ2v) is 6.14. The predicted octanol–water partition coefficient (Wildman–Crippen LogP) is 3.81. The van der Waals surface area contributed by atoms with Crippen LogP contribution in [-0.4, -0.2) is 31.7 Å². The Bertz CT molecular complexity index is 892. The molecular formula is C22H23N3O3. The number of aromatic nitrogens is 1. The molecule has 0 atom stereocenters. The van der Waals surface area contributed by atoms with E-state index >= 15 is 0 Å². The minimum absolute atomic E-state index is 0.142. The van der Waals surface area contributed by atoms with Gasteiger partial charge >= 0.3 is 0 Å². The van der Waals surface area contributed by atoms with Crippen molar-refractivity contribution in [2.45, 2.75) is 6.42 Å². The van der Waals surface area contributed by atoms with E-state index in [1.807, 2.05) is 48.5 Å². The molecule has 0 aliphatic carbocycles. The monoisotopic (exact) mass is 377 g/mol. The van der Waals surface area contributed by atoms with Crippen LogP contribution in [0, 0.1) is 0 Å². The lowest BCUT2D eigenvalue weighted by Gasteiger charge is -2.08. The van der Waals surface area contributed by atoms with E-state index in [0.717, 1.165) is 29.2 Å². The zero-order valence-electron chi connectivity index (χ0n) is 15.9. The average Bonchev–Trinajstić information content (AvgIpc) is 2.75. The zero-order chi connectivity index (χ0) is 19.8. The summed E-state index contributed by atoms with van der Waals surface area (Å²) in [4.78, 5) is 16.6. The van der Waals surface area contributed by atoms with Crippen LogP contribution in [0.15, 0.2) is 66.9 Å². The molecule has 0 aliphatic rings. The van der Waals surface area contributed by atoms with E-state index in [9.17, 15) is 4.79 Å². The first-order chi connectivity index (χ1) is 13.7. The van der Waals surface area contributed by atoms with Gasteiger partial charge in [0.2, 0.25) is 0 Å². The van der Waals surface area contributed by atoms with Gasteiger partial charge in [-0.1, -0.05) is 12.1 Å². The maximum absolute atomic E-state index is 12.3. The Labute approximate surface area is 164 Å². The summed E-state index contributed by atoms with van der Waals surface area (Å²) in [5.74, 6) is 2.14. The SMILES string of the molecule is COc1ccc(CCNC(=O)c2ccc(Nc3ccc(OC)cc3)nc2)cc1. The Morgan fingerprint density at radius 3 is 2.11 bits per heavy atom. The molecule has 3 rings (SSSR count). The highest BCUT2D eigenvalue weighted by Gasteiger charge is 2.06. The van der Waals surface area contributed by atoms with Crippen LogP contribution < -0.4 is 20.1 Å². The van der Waals surface area contributed by atoms with E-state index in [0.29, 0.717) is 17.9 Å². The van der Waals surface area contributed by atoms with Gasteiger partial charge in [-0.15, -0.1) is 0 Å². The van der Waals surface area contributed by atoms with Crippen molar-refractivity contribution >= 4 is 17.4 Å². The van der Waals surface area contributed by atoms with Gasteiger partial charge in [-0.3, -0.25) is 4.79 Å². The van der Waals surface area contributed by atoms with E-state index in [2.05, 4.69) is 15.6 Å². The van der Waals surface area contributed by atoms with Crippen molar-refractivity contribution < 1.29 is 14.3 Å². The molecule has 0 radical (unpaired) electrons. The van der Waals surface area contributed by atoms with Gasteiger partial charge in [-0.2, -0.15) is 0 Å². The van der Waals surface area contributed by atoms with Crippen LogP contribution in [0.2, 0.25) is 0 Å². The van der Waals surface area contributed by atoms with Crippen LogP contribution in [0.4, 0.5) is 11.5 Å². The third-order valence-corrected chi connectivity index (χ3v) is 4.25. The molecule has 1 amide bonds. The topological polar surface area (TPSA) is 72.5 Å². The largest absolute Gasteiger partial charge is 0.497 e. The number of nitrogens with one attached hydrogen (secondary N) is 2. The number of rotatable bonds is 8. The molecule has 0 bridgehead atoms. The molecule has 1 aromatic heterocycles. The van der Waals surface area contributed by atoms with Crippen molar-refractivity contribution in [2.24, 2.45) is 0 Å². The number of pyridine rings is 1. The maximum atomic E-state index is 12.3. The van der Waals surface area contributed by atoms with Crippen LogP contribution in [-0.2, 0) is 6.42 Å². The molecule has 28 heavy (non-hydrogen) atoms. The summed E-state index contributed by atoms with van der Waals surface area (Å²) >= 11 is 0. The highest BCUT2D eigenvalue weighted by molar-refractivity contribution is 5.94. The van der Waals surface area contributed by atoms with Gasteiger partial charge in [-0.05, 0) is 60.5 Å². The Morgan fingerprint density at radius 2 is 1.54 bits per heavy atom. The summed E-state index contributed by atoms with van der Waals surface area (Å²) in [6, 6.07) is 18.9. The Hall–Kier alpha value is -3.54. The third-order valence-electron chi connectivity index (χ3n) is 4.25. The number of anilines is 2. The molecule has 0 saturated carbocycles. The van der Waals surface area contributed by atoms with Gasteiger partial charge in [0, 0.05) is 18.4 Å². The average molecular weight is 377 g/mol. The van der Waals surface area contributed by atoms with Gasteiger partial charge < -0.3 is 20.1 Å². The molecule has 0 fully saturated rings. The summed E-state index contributed by atoms with van der Waals surface area (Å²) in [6.07, 6.45) is 2.31. The van der Waals surface area contributed by atoms with Crippen LogP contribution in [0.25, 0.3) is 0 Å². The maximum Gasteiger partial charge on any atom is 0.252 e. The lowest BCUT2D eigenvalue weighted by molar-refractivity contribution is 0.0954. The number of carbonyl (C=O) groups is 1. The molecular weight excluding hydrogens is 354 g/mol. The van der Waals surface area contributed by atoms with Gasteiger partial charge in [0.05, 0.1) is 19.8 Å². The number of hydrogen-bond acceptors (Lipinski definition) is 5. The van der Waals surface area contributed by atoms with E-state index in [-0.39, 0.29) is 5.91 Å². The predicted molar refractivity (Wildman–Crippen MR) is 110 cm³/mol. The number of benzene rings is 2. The van der Waals surface area contributed by atoms with Crippen molar-refractivity contribution in [1.82, 2.24) is 10.3 Å². The Morgan fingerprint density at radius 1 is 0.893 bits per heavy atom. The summed E-state index contributed by atoms with van der Waals surface area (Å²) in [5, 5.41) is 6.10. The van der Waals surface area contributed by atoms with Gasteiger partial charge in [0.1, 0.15) is 17.3 Å². The Kier molecular flexibility index (Phi) is 6.46. The smallest absolute Gasteiger partial charge is 0.252 e. The minimum Gasteiger partial charge on any atom is -0.497 e. The standard InChI is InChI=1S/C22H23N3O3/c1-27-19-8-3-16(4-9-19)13-14-23-22(26)17-5-12-21(24-15-17)25-18-6-10-20(28-2)11-7-18/h3-12,15H,13-14H2,1-2H3,(H,23,26)(H,24,25). The molecule has 0 aliphatic heterocycles. The van der Waals surface area contributed by atoms with Crippen LogP contribution in [0.1, 0.15) is 15.9 Å². The third kappa shape index (κ3) is 5.23. The minimum atomic E-state index is -0.142. The molecule has 0 spiro atoms. The first-order valence-corrected chi connectivity index (χ1v) is 8.96. The number of ether oxygens (including phenoxy) is 2. The molecule has 6 nitrogen and oxygen atoms in total. The second kappa shape index (κ2) is 9.41. The molecule has 2 N–H and O–H groups in total. The summed E-state index contributed by atoms with van der Waals surface area (Å²) in [7, 11) is 3.27. The van der Waals surface area contributed by atoms with Crippen molar-refractivity contribution in [3.63, 3.8) is 0 Å². The van der Waals surface area contributed by atoms with Crippen LogP contribution >= 0.6 is 0 Å². The Balaban J connectivity index is 1.49. The van der Waals surface area contributed by atoms with Crippen molar-refractivity contribution in [3.8, 4) is 11.5 Å². The van der Waals surface area contributed by atoms with E-state index in [4.69, 9.17) is 9.47 Å². The number of methoxy groups -OCH3 is 2. The highest BCUT2D eigenvalue weighted by atomic mass is 16.5. The van der Waals surface area contributed by atoms with E-state index in [1.165, 1.54) is 0 Å². The van der Waals surface area contributed by atoms with Crippen molar-refractivity contribution in [3.05, 3.63) is 78.0 Å². The van der Waals surface area contributed by atoms with Crippen molar-refractivity contribution in [1.29, 1.82) is 0 Å². The quantitative estimate of drug-likeness (QED) is 0.624. The van der Waals surface area contributed by atoms with Crippen LogP contribution in [0.3, 0.4) is 0 Å². The number of carbonyl (C=O) groups excluding carboxylic acids is 1. The molecule has 1 heterocycles. The summed E-state index contributed by atoms with van der Waals surface area (Å²) < 4.78 is 10.3. The second-order valence-electron chi connectivity index (χ2n) is 6.14. The molecule has 0 unspecified atom stereocenters. The summed E-state index contributed by atoms with van der Waals surface area (Å²) in [5.41, 5.74) is 2.55. The first-order valence-electron chi connectivity index (χ1n) is 8.96. The van der Waals surface area contributed by atoms with E-state index in [1.54, 1.807) is 32.5 Å². The van der Waals surface area contributed by atoms with Crippen LogP contribution in [0.5, 0.6) is 11.5 Å². The zero-order valence-corrected chi connectivity index (χ0v) is 15.9. The molecule has 0 saturated heterocycles. The molecule has 144 valence electrons. The normalized spacial score (nSPS) is 10.2. The summed E-state index contributed by atoms with van der Waals surface area (Å²) in [6.45, 7) is 0.553. The lowest BCUT2D eigenvalue weighted by atomic mass is 10.1. The van der Waals surface area contributed by atoms with Gasteiger partial charge in [0.25, 0.3) is 5.91 Å². The molecule has 3 aromatic rings. The van der Waals surface area contributed by atoms with Gasteiger partial charge in [-0.25, -0.2) is 4.98 Å². The molecule has 6 heteroatoms. The fourth-order valence-corrected chi connectivity index (χ4v) is 2.64. The van der Waals surface area contributed by atoms with Crippen molar-refractivity contribution in [2.75, 3.05) is 26.1 Å². The number of nitrogens with zero attached hydrogens (tertiary/aromatic N) is 1. The van der Waals surface area contributed by atoms with E-state index < -0.39 is 0 Å². The van der Waals surface area contributed by atoms with Gasteiger partial charge in [0.15, 0.2) is 0 Å². The number of amides is 1. The number of hydrogen-bond donors (Lipinski definition) is 2. The molecule has 2 aromatic carbocycles. The lowest BCUT2D eigenvalue weighted by Crippen LogP contribution is -2.25. The highest BCUT2D eigenvalue weighted by Crippen LogP contribution is 2.18. The fourth-order valence-electron chi connectivity index (χ4n) is 2.64. The first kappa shape index (κ1) is 19.2. The fraction of sp³-hybridized carbons (Fsp3) is 0.182.